The molecule has 0 fully saturated rings. The Kier molecular flexibility index (Phi) is 3.66. The number of hydrogen-bond acceptors (Lipinski definition) is 6. The molecular formula is C9H7ClN6O3. The van der Waals surface area contributed by atoms with Crippen molar-refractivity contribution in [2.24, 2.45) is 0 Å². The second-order valence-electron chi connectivity index (χ2n) is 3.41. The molecule has 0 saturated carbocycles. The average molecular weight is 283 g/mol. The minimum Gasteiger partial charge on any atom is -0.303 e. The maximum absolute atomic E-state index is 11.7. The average Bonchev–Trinajstić information content (AvgIpc) is 2.81. The van der Waals surface area contributed by atoms with Crippen molar-refractivity contribution in [3.8, 4) is 0 Å². The van der Waals surface area contributed by atoms with Crippen LogP contribution in [0.3, 0.4) is 0 Å². The summed E-state index contributed by atoms with van der Waals surface area (Å²) in [7, 11) is 0. The zero-order valence-electron chi connectivity index (χ0n) is 9.36. The first-order chi connectivity index (χ1) is 9.06. The van der Waals surface area contributed by atoms with Gasteiger partial charge < -0.3 is 5.32 Å². The van der Waals surface area contributed by atoms with E-state index in [1.807, 2.05) is 0 Å². The van der Waals surface area contributed by atoms with Gasteiger partial charge in [-0.2, -0.15) is 0 Å². The van der Waals surface area contributed by atoms with E-state index in [0.29, 0.717) is 0 Å². The summed E-state index contributed by atoms with van der Waals surface area (Å²) in [5.74, 6) is -0.731. The van der Waals surface area contributed by atoms with Crippen LogP contribution in [0.1, 0.15) is 0 Å². The number of nitrogens with one attached hydrogen (secondary N) is 1. The van der Waals surface area contributed by atoms with Crippen LogP contribution in [0.4, 0.5) is 11.5 Å². The first-order valence-electron chi connectivity index (χ1n) is 5.01. The Balaban J connectivity index is 2.16. The molecule has 0 saturated heterocycles. The maximum Gasteiger partial charge on any atom is 0.311 e. The predicted octanol–water partition coefficient (Wildman–Crippen LogP) is 0.873. The molecule has 0 aliphatic rings. The van der Waals surface area contributed by atoms with Crippen LogP contribution in [0.2, 0.25) is 5.15 Å². The second kappa shape index (κ2) is 5.40. The molecule has 9 nitrogen and oxygen atoms in total. The van der Waals surface area contributed by atoms with Gasteiger partial charge in [-0.1, -0.05) is 16.8 Å². The Bertz CT molecular complexity index is 614. The van der Waals surface area contributed by atoms with E-state index in [1.165, 1.54) is 29.2 Å². The van der Waals surface area contributed by atoms with Crippen LogP contribution < -0.4 is 5.32 Å². The first kappa shape index (κ1) is 12.9. The van der Waals surface area contributed by atoms with Gasteiger partial charge in [0.2, 0.25) is 11.7 Å². The molecule has 2 aromatic heterocycles. The van der Waals surface area contributed by atoms with Crippen LogP contribution in [0.25, 0.3) is 0 Å². The number of rotatable bonds is 4. The fourth-order valence-corrected chi connectivity index (χ4v) is 1.45. The van der Waals surface area contributed by atoms with Crippen molar-refractivity contribution in [3.63, 3.8) is 0 Å². The third-order valence-corrected chi connectivity index (χ3v) is 2.28. The summed E-state index contributed by atoms with van der Waals surface area (Å²) >= 11 is 5.64. The fraction of sp³-hybridized carbons (Fsp3) is 0.111. The number of carbonyl (C=O) groups excluding carboxylic acids is 1. The molecule has 0 aliphatic carbocycles. The van der Waals surface area contributed by atoms with Gasteiger partial charge in [0.25, 0.3) is 0 Å². The smallest absolute Gasteiger partial charge is 0.303 e. The quantitative estimate of drug-likeness (QED) is 0.505. The van der Waals surface area contributed by atoms with E-state index in [4.69, 9.17) is 11.6 Å². The number of aromatic nitrogens is 4. The highest BCUT2D eigenvalue weighted by molar-refractivity contribution is 6.29. The third-order valence-electron chi connectivity index (χ3n) is 2.07. The Morgan fingerprint density at radius 2 is 2.32 bits per heavy atom. The van der Waals surface area contributed by atoms with E-state index in [-0.39, 0.29) is 23.2 Å². The van der Waals surface area contributed by atoms with Gasteiger partial charge in [0.05, 0.1) is 11.1 Å². The van der Waals surface area contributed by atoms with Crippen molar-refractivity contribution >= 4 is 29.0 Å². The van der Waals surface area contributed by atoms with E-state index < -0.39 is 10.8 Å². The van der Waals surface area contributed by atoms with Crippen molar-refractivity contribution in [2.75, 3.05) is 5.32 Å². The van der Waals surface area contributed by atoms with Gasteiger partial charge in [-0.3, -0.25) is 14.9 Å². The molecule has 19 heavy (non-hydrogen) atoms. The monoisotopic (exact) mass is 282 g/mol. The zero-order chi connectivity index (χ0) is 13.8. The highest BCUT2D eigenvalue weighted by Crippen LogP contribution is 2.23. The summed E-state index contributed by atoms with van der Waals surface area (Å²) in [6.45, 7) is -0.134. The van der Waals surface area contributed by atoms with Crippen LogP contribution in [0.5, 0.6) is 0 Å². The molecule has 0 bridgehead atoms. The third kappa shape index (κ3) is 3.22. The zero-order valence-corrected chi connectivity index (χ0v) is 10.1. The molecule has 1 amide bonds. The summed E-state index contributed by atoms with van der Waals surface area (Å²) in [5.41, 5.74) is -0.337. The van der Waals surface area contributed by atoms with Crippen LogP contribution in [0.15, 0.2) is 24.5 Å². The van der Waals surface area contributed by atoms with Crippen LogP contribution in [-0.4, -0.2) is 30.8 Å². The minimum atomic E-state index is -0.658. The number of amides is 1. The lowest BCUT2D eigenvalue weighted by atomic mass is 10.4. The van der Waals surface area contributed by atoms with Crippen molar-refractivity contribution in [1.29, 1.82) is 0 Å². The number of carbonyl (C=O) groups is 1. The summed E-state index contributed by atoms with van der Waals surface area (Å²) in [4.78, 5) is 25.5. The summed E-state index contributed by atoms with van der Waals surface area (Å²) in [6, 6.07) is 2.44. The number of pyridine rings is 1. The molecular weight excluding hydrogens is 276 g/mol. The molecule has 0 aromatic carbocycles. The van der Waals surface area contributed by atoms with Gasteiger partial charge in [0.1, 0.15) is 11.7 Å². The standard InChI is InChI=1S/C9H7ClN6O3/c10-7-2-1-6(16(18)19)9(12-7)13-8(17)5-15-4-3-11-14-15/h1-4H,5H2,(H,12,13,17). The Labute approximate surface area is 111 Å². The van der Waals surface area contributed by atoms with Crippen LogP contribution >= 0.6 is 11.6 Å². The number of nitrogens with zero attached hydrogens (tertiary/aromatic N) is 5. The molecule has 2 aromatic rings. The van der Waals surface area contributed by atoms with Crippen molar-refractivity contribution < 1.29 is 9.72 Å². The lowest BCUT2D eigenvalue weighted by Gasteiger charge is -2.05. The van der Waals surface area contributed by atoms with Gasteiger partial charge in [0.15, 0.2) is 0 Å². The largest absolute Gasteiger partial charge is 0.311 e. The molecule has 2 heterocycles. The molecule has 2 rings (SSSR count). The van der Waals surface area contributed by atoms with Gasteiger partial charge in [-0.25, -0.2) is 9.67 Å². The lowest BCUT2D eigenvalue weighted by Crippen LogP contribution is -2.20. The fourth-order valence-electron chi connectivity index (χ4n) is 1.30. The van der Waals surface area contributed by atoms with Crippen molar-refractivity contribution in [2.45, 2.75) is 6.54 Å². The SMILES string of the molecule is O=C(Cn1ccnn1)Nc1nc(Cl)ccc1[N+](=O)[O-]. The first-order valence-corrected chi connectivity index (χ1v) is 5.39. The topological polar surface area (TPSA) is 116 Å². The van der Waals surface area contributed by atoms with Crippen LogP contribution in [0, 0.1) is 10.1 Å². The lowest BCUT2D eigenvalue weighted by molar-refractivity contribution is -0.384. The maximum atomic E-state index is 11.7. The highest BCUT2D eigenvalue weighted by atomic mass is 35.5. The molecule has 0 radical (unpaired) electrons. The second-order valence-corrected chi connectivity index (χ2v) is 3.79. The normalized spacial score (nSPS) is 10.2. The van der Waals surface area contributed by atoms with E-state index in [2.05, 4.69) is 20.6 Å². The van der Waals surface area contributed by atoms with Gasteiger partial charge >= 0.3 is 5.69 Å². The Morgan fingerprint density at radius 1 is 1.53 bits per heavy atom. The molecule has 1 N–H and O–H groups in total. The van der Waals surface area contributed by atoms with Gasteiger partial charge in [-0.05, 0) is 6.07 Å². The highest BCUT2D eigenvalue weighted by Gasteiger charge is 2.18. The van der Waals surface area contributed by atoms with E-state index in [1.54, 1.807) is 0 Å². The van der Waals surface area contributed by atoms with E-state index in [0.717, 1.165) is 0 Å². The number of anilines is 1. The van der Waals surface area contributed by atoms with Crippen LogP contribution in [-0.2, 0) is 11.3 Å². The molecule has 0 aliphatic heterocycles. The Morgan fingerprint density at radius 3 is 2.95 bits per heavy atom. The summed E-state index contributed by atoms with van der Waals surface area (Å²) < 4.78 is 1.27. The minimum absolute atomic E-state index is 0.0432. The molecule has 0 unspecified atom stereocenters. The van der Waals surface area contributed by atoms with E-state index >= 15 is 0 Å². The predicted molar refractivity (Wildman–Crippen MR) is 64.6 cm³/mol. The number of hydrogen-bond donors (Lipinski definition) is 1. The van der Waals surface area contributed by atoms with E-state index in [9.17, 15) is 14.9 Å². The van der Waals surface area contributed by atoms with Crippen molar-refractivity contribution in [3.05, 3.63) is 39.8 Å². The molecule has 98 valence electrons. The van der Waals surface area contributed by atoms with Gasteiger partial charge in [-0.15, -0.1) is 5.10 Å². The van der Waals surface area contributed by atoms with Gasteiger partial charge in [0, 0.05) is 12.3 Å². The summed E-state index contributed by atoms with van der Waals surface area (Å²) in [6.07, 6.45) is 2.90. The number of halogens is 1. The molecule has 10 heteroatoms. The Hall–Kier alpha value is -2.55. The van der Waals surface area contributed by atoms with Crippen molar-refractivity contribution in [1.82, 2.24) is 20.0 Å². The molecule has 0 spiro atoms. The summed E-state index contributed by atoms with van der Waals surface area (Å²) in [5, 5.41) is 20.3. The number of nitro groups is 1. The molecule has 0 atom stereocenters.